The van der Waals surface area contributed by atoms with Gasteiger partial charge in [0.1, 0.15) is 17.4 Å². The Hall–Kier alpha value is -2.47. The van der Waals surface area contributed by atoms with Crippen LogP contribution in [0.2, 0.25) is 0 Å². The van der Waals surface area contributed by atoms with Crippen LogP contribution in [-0.4, -0.2) is 44.6 Å². The number of hydrogen-bond donors (Lipinski definition) is 1. The normalized spacial score (nSPS) is 15.1. The van der Waals surface area contributed by atoms with Crippen LogP contribution >= 0.6 is 0 Å². The maximum absolute atomic E-state index is 13.7. The van der Waals surface area contributed by atoms with E-state index in [2.05, 4.69) is 10.2 Å². The van der Waals surface area contributed by atoms with Gasteiger partial charge in [-0.2, -0.15) is 13.2 Å². The first-order valence-corrected chi connectivity index (χ1v) is 9.67. The third-order valence-electron chi connectivity index (χ3n) is 4.55. The zero-order valence-corrected chi connectivity index (χ0v) is 17.0. The average molecular weight is 451 g/mol. The number of aromatic nitrogens is 3. The van der Waals surface area contributed by atoms with E-state index < -0.39 is 35.5 Å². The maximum atomic E-state index is 13.7. The van der Waals surface area contributed by atoms with Crippen LogP contribution in [0.3, 0.4) is 0 Å². The quantitative estimate of drug-likeness (QED) is 0.540. The molecule has 6 nitrogen and oxygen atoms in total. The molecule has 2 aromatic rings. The van der Waals surface area contributed by atoms with Crippen molar-refractivity contribution >= 4 is 5.78 Å². The van der Waals surface area contributed by atoms with Crippen LogP contribution in [0.5, 0.6) is 0 Å². The molecule has 1 aliphatic rings. The molecule has 2 N–H and O–H groups in total. The summed E-state index contributed by atoms with van der Waals surface area (Å²) in [6.07, 6.45) is -4.93. The molecule has 0 aliphatic carbocycles. The van der Waals surface area contributed by atoms with Gasteiger partial charge in [-0.25, -0.2) is 13.2 Å². The van der Waals surface area contributed by atoms with Gasteiger partial charge in [-0.05, 0) is 18.1 Å². The lowest BCUT2D eigenvalue weighted by atomic mass is 10.0. The van der Waals surface area contributed by atoms with E-state index in [0.717, 1.165) is 4.57 Å². The fourth-order valence-electron chi connectivity index (χ4n) is 3.23. The number of carbonyl (C=O) groups excluding carboxylic acids is 1. The number of nitrogens with zero attached hydrogens (tertiary/aromatic N) is 4. The third-order valence-corrected chi connectivity index (χ3v) is 4.55. The van der Waals surface area contributed by atoms with Crippen molar-refractivity contribution in [3.8, 4) is 0 Å². The predicted molar refractivity (Wildman–Crippen MR) is 99.3 cm³/mol. The lowest BCUT2D eigenvalue weighted by Crippen LogP contribution is -2.39. The lowest BCUT2D eigenvalue weighted by molar-refractivity contribution is -0.148. The Kier molecular flexibility index (Phi) is 8.18. The van der Waals surface area contributed by atoms with E-state index in [4.69, 9.17) is 5.73 Å². The maximum Gasteiger partial charge on any atom is 0.451 e. The summed E-state index contributed by atoms with van der Waals surface area (Å²) in [5.74, 6) is -4.77. The van der Waals surface area contributed by atoms with E-state index in [1.165, 1.54) is 0 Å². The van der Waals surface area contributed by atoms with Crippen molar-refractivity contribution < 1.29 is 31.1 Å². The summed E-state index contributed by atoms with van der Waals surface area (Å²) in [6, 6.07) is 0.287. The molecule has 1 unspecified atom stereocenters. The van der Waals surface area contributed by atoms with Crippen LogP contribution < -0.4 is 5.73 Å². The highest BCUT2D eigenvalue weighted by Crippen LogP contribution is 2.29. The van der Waals surface area contributed by atoms with Gasteiger partial charge in [0, 0.05) is 31.6 Å². The first-order chi connectivity index (χ1) is 14.5. The summed E-state index contributed by atoms with van der Waals surface area (Å²) >= 11 is 0. The molecule has 0 bridgehead atoms. The molecule has 3 rings (SSSR count). The Morgan fingerprint density at radius 2 is 1.74 bits per heavy atom. The summed E-state index contributed by atoms with van der Waals surface area (Å²) in [6.45, 7) is 4.10. The van der Waals surface area contributed by atoms with E-state index in [1.807, 2.05) is 13.8 Å². The van der Waals surface area contributed by atoms with Crippen molar-refractivity contribution in [3.63, 3.8) is 0 Å². The van der Waals surface area contributed by atoms with Crippen LogP contribution in [-0.2, 0) is 30.5 Å². The molecular weight excluding hydrogens is 428 g/mol. The Labute approximate surface area is 175 Å². The Balaban J connectivity index is 0.00000166. The highest BCUT2D eigenvalue weighted by atomic mass is 19.4. The number of alkyl halides is 3. The van der Waals surface area contributed by atoms with Gasteiger partial charge in [-0.1, -0.05) is 13.8 Å². The summed E-state index contributed by atoms with van der Waals surface area (Å²) in [4.78, 5) is 13.8. The Morgan fingerprint density at radius 3 is 2.39 bits per heavy atom. The molecule has 0 amide bonds. The molecule has 1 aromatic carbocycles. The first-order valence-electron chi connectivity index (χ1n) is 9.67. The molecule has 0 saturated heterocycles. The largest absolute Gasteiger partial charge is 0.451 e. The molecule has 0 saturated carbocycles. The van der Waals surface area contributed by atoms with Gasteiger partial charge < -0.3 is 10.3 Å². The zero-order valence-electron chi connectivity index (χ0n) is 17.0. The van der Waals surface area contributed by atoms with E-state index in [0.29, 0.717) is 12.1 Å². The molecule has 1 aromatic heterocycles. The zero-order chi connectivity index (χ0) is 23.3. The number of fused-ring (bicyclic) bond motifs is 1. The van der Waals surface area contributed by atoms with Gasteiger partial charge in [0.2, 0.25) is 5.82 Å². The smallest absolute Gasteiger partial charge is 0.327 e. The molecule has 12 heteroatoms. The monoisotopic (exact) mass is 451 g/mol. The summed E-state index contributed by atoms with van der Waals surface area (Å²) < 4.78 is 79.4. The summed E-state index contributed by atoms with van der Waals surface area (Å²) in [5, 5.41) is 6.69. The minimum atomic E-state index is -4.61. The molecular formula is C19H23F6N5O. The molecule has 0 spiro atoms. The Bertz CT molecular complexity index is 914. The van der Waals surface area contributed by atoms with Crippen molar-refractivity contribution in [1.29, 1.82) is 0 Å². The van der Waals surface area contributed by atoms with Crippen molar-refractivity contribution in [3.05, 3.63) is 46.8 Å². The Morgan fingerprint density at radius 1 is 1.10 bits per heavy atom. The van der Waals surface area contributed by atoms with Crippen LogP contribution in [0.1, 0.15) is 37.5 Å². The number of rotatable bonds is 6. The molecule has 172 valence electrons. The molecule has 31 heavy (non-hydrogen) atoms. The standard InChI is InChI=1S/C17H17F6N5O.C2H6/c18-12-6-14(20)13(19)4-9(12)3-10(24)5-11(29)7-27-1-2-28-15(8-27)25-26-16(28)17(21,22)23;1-2/h4,6,10H,1-3,5,7-8,24H2;1-2H3. The second-order valence-electron chi connectivity index (χ2n) is 6.86. The second kappa shape index (κ2) is 10.2. The lowest BCUT2D eigenvalue weighted by Gasteiger charge is -2.27. The van der Waals surface area contributed by atoms with E-state index in [1.54, 1.807) is 4.90 Å². The van der Waals surface area contributed by atoms with Gasteiger partial charge in [0.15, 0.2) is 11.6 Å². The molecule has 2 heterocycles. The van der Waals surface area contributed by atoms with E-state index >= 15 is 0 Å². The fourth-order valence-corrected chi connectivity index (χ4v) is 3.23. The van der Waals surface area contributed by atoms with Gasteiger partial charge in [0.05, 0.1) is 13.1 Å². The number of ketones is 1. The summed E-state index contributed by atoms with van der Waals surface area (Å²) in [5.41, 5.74) is 5.68. The number of halogens is 6. The van der Waals surface area contributed by atoms with Gasteiger partial charge in [0.25, 0.3) is 0 Å². The van der Waals surface area contributed by atoms with Gasteiger partial charge in [-0.15, -0.1) is 10.2 Å². The van der Waals surface area contributed by atoms with Crippen molar-refractivity contribution in [2.24, 2.45) is 5.73 Å². The first kappa shape index (κ1) is 24.8. The van der Waals surface area contributed by atoms with Crippen molar-refractivity contribution in [1.82, 2.24) is 19.7 Å². The number of Topliss-reactive ketones (excluding diaryl/α,β-unsaturated/α-hetero) is 1. The number of nitrogens with two attached hydrogens (primary N) is 1. The average Bonchev–Trinajstić information content (AvgIpc) is 3.11. The van der Waals surface area contributed by atoms with Crippen LogP contribution in [0.25, 0.3) is 0 Å². The minimum absolute atomic E-state index is 0.0157. The number of hydrogen-bond acceptors (Lipinski definition) is 5. The fraction of sp³-hybridized carbons (Fsp3) is 0.526. The molecule has 0 fully saturated rings. The van der Waals surface area contributed by atoms with Gasteiger partial charge in [-0.3, -0.25) is 9.69 Å². The van der Waals surface area contributed by atoms with Crippen LogP contribution in [0, 0.1) is 17.5 Å². The van der Waals surface area contributed by atoms with E-state index in [9.17, 15) is 31.1 Å². The number of carbonyl (C=O) groups is 1. The van der Waals surface area contributed by atoms with E-state index in [-0.39, 0.29) is 56.2 Å². The minimum Gasteiger partial charge on any atom is -0.327 e. The third kappa shape index (κ3) is 6.26. The van der Waals surface area contributed by atoms with Crippen LogP contribution in [0.4, 0.5) is 26.3 Å². The second-order valence-corrected chi connectivity index (χ2v) is 6.86. The highest BCUT2D eigenvalue weighted by molar-refractivity contribution is 5.81. The van der Waals surface area contributed by atoms with Crippen molar-refractivity contribution in [2.45, 2.75) is 52.0 Å². The highest BCUT2D eigenvalue weighted by Gasteiger charge is 2.39. The van der Waals surface area contributed by atoms with Crippen LogP contribution in [0.15, 0.2) is 12.1 Å². The molecule has 0 radical (unpaired) electrons. The topological polar surface area (TPSA) is 77.0 Å². The number of benzene rings is 1. The predicted octanol–water partition coefficient (Wildman–Crippen LogP) is 3.09. The molecule has 1 aliphatic heterocycles. The van der Waals surface area contributed by atoms with Gasteiger partial charge >= 0.3 is 6.18 Å². The summed E-state index contributed by atoms with van der Waals surface area (Å²) in [7, 11) is 0. The SMILES string of the molecule is CC.NC(CC(=O)CN1CCn2c(nnc2C(F)(F)F)C1)Cc1cc(F)c(F)cc1F. The van der Waals surface area contributed by atoms with Crippen molar-refractivity contribution in [2.75, 3.05) is 13.1 Å². The molecule has 1 atom stereocenters.